The molecule has 0 saturated carbocycles. The van der Waals surface area contributed by atoms with Gasteiger partial charge in [0.25, 0.3) is 5.91 Å². The van der Waals surface area contributed by atoms with Crippen LogP contribution in [0.4, 0.5) is 8.78 Å². The van der Waals surface area contributed by atoms with Gasteiger partial charge in [0.15, 0.2) is 0 Å². The fourth-order valence-electron chi connectivity index (χ4n) is 3.25. The third-order valence-electron chi connectivity index (χ3n) is 4.64. The summed E-state index contributed by atoms with van der Waals surface area (Å²) in [6, 6.07) is 2.87. The van der Waals surface area contributed by atoms with Crippen molar-refractivity contribution < 1.29 is 23.2 Å². The van der Waals surface area contributed by atoms with Gasteiger partial charge in [0.2, 0.25) is 11.8 Å². The van der Waals surface area contributed by atoms with Crippen LogP contribution in [0.3, 0.4) is 0 Å². The van der Waals surface area contributed by atoms with Crippen LogP contribution in [-0.2, 0) is 9.59 Å². The predicted molar refractivity (Wildman–Crippen MR) is 84.6 cm³/mol. The van der Waals surface area contributed by atoms with Gasteiger partial charge in [-0.2, -0.15) is 0 Å². The van der Waals surface area contributed by atoms with Gasteiger partial charge in [-0.15, -0.1) is 0 Å². The summed E-state index contributed by atoms with van der Waals surface area (Å²) < 4.78 is 26.7. The molecule has 134 valence electrons. The molecule has 0 unspecified atom stereocenters. The number of halogens is 2. The monoisotopic (exact) mass is 351 g/mol. The lowest BCUT2D eigenvalue weighted by Gasteiger charge is -2.35. The molecule has 1 aromatic rings. The van der Waals surface area contributed by atoms with E-state index < -0.39 is 17.5 Å². The lowest BCUT2D eigenvalue weighted by atomic mass is 9.94. The Labute approximate surface area is 143 Å². The van der Waals surface area contributed by atoms with Gasteiger partial charge in [-0.3, -0.25) is 14.4 Å². The average molecular weight is 351 g/mol. The van der Waals surface area contributed by atoms with Crippen LogP contribution in [0.25, 0.3) is 0 Å². The first-order valence-electron chi connectivity index (χ1n) is 8.25. The number of amides is 3. The molecule has 2 heterocycles. The van der Waals surface area contributed by atoms with Crippen LogP contribution < -0.4 is 5.32 Å². The van der Waals surface area contributed by atoms with E-state index in [0.29, 0.717) is 45.1 Å². The Balaban J connectivity index is 1.58. The molecule has 3 rings (SSSR count). The van der Waals surface area contributed by atoms with Gasteiger partial charge in [-0.25, -0.2) is 8.78 Å². The van der Waals surface area contributed by atoms with Crippen LogP contribution in [0.1, 0.15) is 23.2 Å². The van der Waals surface area contributed by atoms with Crippen molar-refractivity contribution in [3.63, 3.8) is 0 Å². The lowest BCUT2D eigenvalue weighted by Crippen LogP contribution is -2.53. The Bertz CT molecular complexity index is 702. The zero-order valence-electron chi connectivity index (χ0n) is 13.6. The highest BCUT2D eigenvalue weighted by molar-refractivity contribution is 5.94. The van der Waals surface area contributed by atoms with Crippen molar-refractivity contribution in [2.75, 3.05) is 32.7 Å². The standard InChI is InChI=1S/C17H19F2N3O3/c18-12-1-2-13(14(19)9-12)17(25)21-6-3-11(4-7-21)16(24)22-8-5-20-15(23)10-22/h1-2,9,11H,3-8,10H2,(H,20,23). The fourth-order valence-corrected chi connectivity index (χ4v) is 3.25. The summed E-state index contributed by atoms with van der Waals surface area (Å²) in [5, 5.41) is 2.67. The van der Waals surface area contributed by atoms with Crippen LogP contribution in [-0.4, -0.2) is 60.2 Å². The SMILES string of the molecule is O=C1CN(C(=O)C2CCN(C(=O)c3ccc(F)cc3F)CC2)CCN1. The van der Waals surface area contributed by atoms with E-state index in [1.807, 2.05) is 0 Å². The Hall–Kier alpha value is -2.51. The number of piperazine rings is 1. The molecule has 25 heavy (non-hydrogen) atoms. The number of piperidine rings is 1. The van der Waals surface area contributed by atoms with E-state index >= 15 is 0 Å². The predicted octanol–water partition coefficient (Wildman–Crippen LogP) is 0.775. The van der Waals surface area contributed by atoms with Gasteiger partial charge in [0, 0.05) is 38.2 Å². The summed E-state index contributed by atoms with van der Waals surface area (Å²) in [6.45, 7) is 1.66. The van der Waals surface area contributed by atoms with Crippen molar-refractivity contribution in [2.24, 2.45) is 5.92 Å². The summed E-state index contributed by atoms with van der Waals surface area (Å²) in [7, 11) is 0. The third kappa shape index (κ3) is 3.78. The van der Waals surface area contributed by atoms with Crippen LogP contribution in [0, 0.1) is 17.6 Å². The molecule has 1 aromatic carbocycles. The summed E-state index contributed by atoms with van der Waals surface area (Å²) in [4.78, 5) is 39.3. The molecule has 6 nitrogen and oxygen atoms in total. The Morgan fingerprint density at radius 1 is 1.08 bits per heavy atom. The topological polar surface area (TPSA) is 69.7 Å². The summed E-state index contributed by atoms with van der Waals surface area (Å²) >= 11 is 0. The van der Waals surface area contributed by atoms with Crippen molar-refractivity contribution in [1.82, 2.24) is 15.1 Å². The number of rotatable bonds is 2. The minimum atomic E-state index is -0.887. The van der Waals surface area contributed by atoms with E-state index in [4.69, 9.17) is 0 Å². The highest BCUT2D eigenvalue weighted by atomic mass is 19.1. The maximum absolute atomic E-state index is 13.8. The van der Waals surface area contributed by atoms with Gasteiger partial charge < -0.3 is 15.1 Å². The number of hydrogen-bond acceptors (Lipinski definition) is 3. The molecule has 0 bridgehead atoms. The first-order valence-corrected chi connectivity index (χ1v) is 8.25. The largest absolute Gasteiger partial charge is 0.353 e. The molecular weight excluding hydrogens is 332 g/mol. The zero-order chi connectivity index (χ0) is 18.0. The Morgan fingerprint density at radius 2 is 1.80 bits per heavy atom. The highest BCUT2D eigenvalue weighted by Gasteiger charge is 2.32. The van der Waals surface area contributed by atoms with Gasteiger partial charge >= 0.3 is 0 Å². The van der Waals surface area contributed by atoms with E-state index in [1.165, 1.54) is 4.90 Å². The normalized spacial score (nSPS) is 18.9. The second kappa shape index (κ2) is 7.16. The molecule has 0 radical (unpaired) electrons. The molecule has 0 aromatic heterocycles. The van der Waals surface area contributed by atoms with Crippen LogP contribution in [0.2, 0.25) is 0 Å². The number of hydrogen-bond donors (Lipinski definition) is 1. The Morgan fingerprint density at radius 3 is 2.44 bits per heavy atom. The molecule has 0 spiro atoms. The number of likely N-dealkylation sites (tertiary alicyclic amines) is 1. The number of carbonyl (C=O) groups is 3. The molecule has 1 N–H and O–H groups in total. The van der Waals surface area contributed by atoms with Gasteiger partial charge in [-0.1, -0.05) is 0 Å². The van der Waals surface area contributed by atoms with Gasteiger partial charge in [-0.05, 0) is 25.0 Å². The molecule has 2 aliphatic rings. The molecule has 2 aliphatic heterocycles. The van der Waals surface area contributed by atoms with Crippen molar-refractivity contribution in [1.29, 1.82) is 0 Å². The van der Waals surface area contributed by atoms with Crippen LogP contribution in [0.5, 0.6) is 0 Å². The van der Waals surface area contributed by atoms with E-state index in [9.17, 15) is 23.2 Å². The van der Waals surface area contributed by atoms with Crippen molar-refractivity contribution in [3.05, 3.63) is 35.4 Å². The quantitative estimate of drug-likeness (QED) is 0.856. The third-order valence-corrected chi connectivity index (χ3v) is 4.64. The molecule has 2 fully saturated rings. The molecule has 2 saturated heterocycles. The van der Waals surface area contributed by atoms with Crippen molar-refractivity contribution in [3.8, 4) is 0 Å². The Kier molecular flexibility index (Phi) is 4.96. The molecule has 0 atom stereocenters. The second-order valence-electron chi connectivity index (χ2n) is 6.30. The van der Waals surface area contributed by atoms with E-state index in [1.54, 1.807) is 4.90 Å². The van der Waals surface area contributed by atoms with E-state index in [2.05, 4.69) is 5.32 Å². The molecule has 3 amide bonds. The molecule has 8 heteroatoms. The molecule has 0 aliphatic carbocycles. The second-order valence-corrected chi connectivity index (χ2v) is 6.30. The highest BCUT2D eigenvalue weighted by Crippen LogP contribution is 2.22. The number of nitrogens with zero attached hydrogens (tertiary/aromatic N) is 2. The summed E-state index contributed by atoms with van der Waals surface area (Å²) in [5.41, 5.74) is -0.168. The first-order chi connectivity index (χ1) is 12.0. The number of carbonyl (C=O) groups excluding carboxylic acids is 3. The minimum absolute atomic E-state index is 0.0682. The van der Waals surface area contributed by atoms with Crippen molar-refractivity contribution >= 4 is 17.7 Å². The zero-order valence-corrected chi connectivity index (χ0v) is 13.6. The molecular formula is C17H19F2N3O3. The first kappa shape index (κ1) is 17.3. The maximum Gasteiger partial charge on any atom is 0.256 e. The van der Waals surface area contributed by atoms with Crippen LogP contribution in [0.15, 0.2) is 18.2 Å². The average Bonchev–Trinajstić information content (AvgIpc) is 2.61. The van der Waals surface area contributed by atoms with Crippen molar-refractivity contribution in [2.45, 2.75) is 12.8 Å². The van der Waals surface area contributed by atoms with E-state index in [-0.39, 0.29) is 29.8 Å². The minimum Gasteiger partial charge on any atom is -0.353 e. The van der Waals surface area contributed by atoms with E-state index in [0.717, 1.165) is 12.1 Å². The van der Waals surface area contributed by atoms with Crippen LogP contribution >= 0.6 is 0 Å². The smallest absolute Gasteiger partial charge is 0.256 e. The number of benzene rings is 1. The maximum atomic E-state index is 13.8. The van der Waals surface area contributed by atoms with Gasteiger partial charge in [0.1, 0.15) is 11.6 Å². The summed E-state index contributed by atoms with van der Waals surface area (Å²) in [5.74, 6) is -2.60. The van der Waals surface area contributed by atoms with Gasteiger partial charge in [0.05, 0.1) is 12.1 Å². The fraction of sp³-hybridized carbons (Fsp3) is 0.471. The summed E-state index contributed by atoms with van der Waals surface area (Å²) in [6.07, 6.45) is 0.928. The lowest BCUT2D eigenvalue weighted by molar-refractivity contribution is -0.142. The number of nitrogens with one attached hydrogen (secondary N) is 1.